The number of aliphatic imine (C=N–C) groups is 3. The molecular formula is C62H60Cl6N12O16. The van der Waals surface area contributed by atoms with Crippen LogP contribution in [0.3, 0.4) is 0 Å². The van der Waals surface area contributed by atoms with Crippen LogP contribution in [0.1, 0.15) is 84.4 Å². The predicted octanol–water partition coefficient (Wildman–Crippen LogP) is 7.23. The van der Waals surface area contributed by atoms with E-state index in [2.05, 4.69) is 30.3 Å². The van der Waals surface area contributed by atoms with Crippen molar-refractivity contribution in [1.29, 1.82) is 5.26 Å². The second-order valence-corrected chi connectivity index (χ2v) is 24.0. The molecule has 28 nitrogen and oxygen atoms in total. The normalized spacial score (nSPS) is 16.4. The molecule has 3 aromatic rings. The predicted molar refractivity (Wildman–Crippen MR) is 356 cm³/mol. The Hall–Kier alpha value is -9.18. The number of hydrazone groups is 3. The number of halogens is 6. The van der Waals surface area contributed by atoms with Crippen LogP contribution in [0.15, 0.2) is 102 Å². The van der Waals surface area contributed by atoms with Gasteiger partial charge in [-0.3, -0.25) is 52.7 Å². The van der Waals surface area contributed by atoms with E-state index in [4.69, 9.17) is 99.5 Å². The third kappa shape index (κ3) is 19.3. The van der Waals surface area contributed by atoms with Crippen molar-refractivity contribution in [2.24, 2.45) is 53.8 Å². The SMILES string of the molecule is CC(C)C1=CC(Oc2c(Cl)cc(C3=NN(CC#N)C(=O)CC3=O)cc2Cl)=NCC1=O.CC(C)C1=CC(Oc2c(Cl)cc(C3=NN(CC(N)=O)C(=O)CC3=O)cc2Cl)=NCC1=O.CCOC(=O)CN1N=C(c2cc(Cl)c(OC3=NCC(=O)C(C(C)C)=C3)c(Cl)c2)C(=O)CC1=O.N.O. The lowest BCUT2D eigenvalue weighted by atomic mass is 9.97. The van der Waals surface area contributed by atoms with E-state index in [0.717, 1.165) is 15.0 Å². The van der Waals surface area contributed by atoms with E-state index in [-0.39, 0.29) is 178 Å². The van der Waals surface area contributed by atoms with Crippen molar-refractivity contribution >= 4 is 169 Å². The highest BCUT2D eigenvalue weighted by Crippen LogP contribution is 2.39. The molecule has 4 amide bonds. The number of hydrogen-bond acceptors (Lipinski definition) is 23. The standard InChI is InChI=1S/C22H21Cl2N3O6.C20H18Cl2N4O5.C20H16Cl2N4O4.H3N.H2O/c1-4-32-20(31)10-27-19(30)8-16(28)21(26-27)12-5-14(23)22(15(24)6-12)33-18-7-13(11(2)3)17(29)9-25-18;1-9(2)11-5-17(24-7-15(11)28)31-20-12(21)3-10(4-13(20)22)19-14(27)6-18(30)26(25-19)8-16(23)29;1-10(2)12-7-17(24-9-16(12)28)30-20-13(21)5-11(6-14(20)22)19-15(27)8-18(29)26(25-19)4-3-23;;/h5-7,11H,4,8-10H2,1-3H3;3-5,9H,6-8H2,1-2H3,(H2,23,29);5-7,10H,4,8-9H2,1-2H3;1H3;1H2. The zero-order valence-electron chi connectivity index (χ0n) is 52.1. The summed E-state index contributed by atoms with van der Waals surface area (Å²) >= 11 is 38.0. The number of dihydropyridines is 3. The Kier molecular flexibility index (Phi) is 27.4. The fourth-order valence-electron chi connectivity index (χ4n) is 9.05. The fourth-order valence-corrected chi connectivity index (χ4v) is 10.7. The van der Waals surface area contributed by atoms with Gasteiger partial charge in [0.25, 0.3) is 17.7 Å². The summed E-state index contributed by atoms with van der Waals surface area (Å²) in [6, 6.07) is 10.3. The highest BCUT2D eigenvalue weighted by atomic mass is 35.5. The average molecular weight is 1440 g/mol. The average Bonchev–Trinajstić information content (AvgIpc) is 0.806. The van der Waals surface area contributed by atoms with Crippen molar-refractivity contribution in [3.05, 3.63) is 118 Å². The Morgan fingerprint density at radius 2 is 0.781 bits per heavy atom. The number of carbonyl (C=O) groups is 11. The van der Waals surface area contributed by atoms with E-state index in [0.29, 0.717) is 16.7 Å². The largest absolute Gasteiger partial charge is 0.465 e. The number of amides is 4. The number of esters is 1. The molecule has 6 heterocycles. The number of nitrogens with two attached hydrogens (primary N) is 1. The Balaban J connectivity index is 0.000000258. The molecule has 6 aliphatic heterocycles. The topological polar surface area (TPSA) is 425 Å². The molecule has 0 saturated carbocycles. The highest BCUT2D eigenvalue weighted by Gasteiger charge is 2.34. The van der Waals surface area contributed by atoms with Gasteiger partial charge in [-0.2, -0.15) is 20.6 Å². The number of ether oxygens (including phenoxy) is 4. The zero-order valence-corrected chi connectivity index (χ0v) is 56.7. The molecule has 7 N–H and O–H groups in total. The Labute approximate surface area is 577 Å². The third-order valence-corrected chi connectivity index (χ3v) is 15.3. The fraction of sp³-hybridized carbons (Fsp3) is 0.323. The molecule has 9 rings (SSSR count). The van der Waals surface area contributed by atoms with Crippen LogP contribution in [-0.4, -0.2) is 166 Å². The molecule has 34 heteroatoms. The number of ketones is 6. The minimum Gasteiger partial charge on any atom is -0.465 e. The number of rotatable bonds is 15. The van der Waals surface area contributed by atoms with Gasteiger partial charge in [0.05, 0.1) is 62.1 Å². The number of carbonyl (C=O) groups excluding carboxylic acids is 11. The van der Waals surface area contributed by atoms with Gasteiger partial charge in [-0.15, -0.1) is 0 Å². The van der Waals surface area contributed by atoms with Crippen LogP contribution in [0.5, 0.6) is 17.2 Å². The lowest BCUT2D eigenvalue weighted by molar-refractivity contribution is -0.150. The molecule has 0 unspecified atom stereocenters. The van der Waals surface area contributed by atoms with E-state index in [9.17, 15) is 52.7 Å². The Bertz CT molecular complexity index is 4060. The first kappa shape index (κ1) is 77.5. The van der Waals surface area contributed by atoms with Crippen LogP contribution < -0.4 is 26.1 Å². The molecule has 0 aromatic heterocycles. The van der Waals surface area contributed by atoms with Gasteiger partial charge in [-0.05, 0) is 61.1 Å². The van der Waals surface area contributed by atoms with Crippen LogP contribution in [0.25, 0.3) is 0 Å². The molecule has 0 saturated heterocycles. The lowest BCUT2D eigenvalue weighted by Gasteiger charge is -2.22. The molecule has 0 aliphatic carbocycles. The summed E-state index contributed by atoms with van der Waals surface area (Å²) in [5.74, 6) is -4.20. The maximum atomic E-state index is 12.4. The van der Waals surface area contributed by atoms with Crippen LogP contribution >= 0.6 is 69.6 Å². The molecule has 0 fully saturated rings. The van der Waals surface area contributed by atoms with Gasteiger partial charge in [-0.1, -0.05) is 111 Å². The van der Waals surface area contributed by atoms with Gasteiger partial charge >= 0.3 is 5.97 Å². The quantitative estimate of drug-likeness (QED) is 0.0860. The number of primary amides is 1. The molecular weight excluding hydrogens is 1380 g/mol. The first-order valence-corrected chi connectivity index (χ1v) is 30.6. The van der Waals surface area contributed by atoms with E-state index in [1.807, 2.05) is 47.6 Å². The van der Waals surface area contributed by atoms with Crippen molar-refractivity contribution in [3.63, 3.8) is 0 Å². The number of nitrogens with zero attached hydrogens (tertiary/aromatic N) is 10. The second kappa shape index (κ2) is 34.0. The highest BCUT2D eigenvalue weighted by molar-refractivity contribution is 6.52. The summed E-state index contributed by atoms with van der Waals surface area (Å²) in [5.41, 5.74) is 7.47. The molecule has 0 atom stereocenters. The van der Waals surface area contributed by atoms with Crippen molar-refractivity contribution in [1.82, 2.24) is 21.2 Å². The van der Waals surface area contributed by atoms with Gasteiger partial charge in [-0.25, -0.2) is 30.0 Å². The molecule has 6 aliphatic rings. The van der Waals surface area contributed by atoms with Gasteiger partial charge in [0, 0.05) is 51.6 Å². The lowest BCUT2D eigenvalue weighted by Crippen LogP contribution is -2.41. The third-order valence-electron chi connectivity index (χ3n) is 13.6. The molecule has 3 aromatic carbocycles. The molecule has 96 heavy (non-hydrogen) atoms. The van der Waals surface area contributed by atoms with Crippen molar-refractivity contribution in [3.8, 4) is 23.3 Å². The number of hydrogen-bond donors (Lipinski definition) is 2. The van der Waals surface area contributed by atoms with Crippen LogP contribution in [-0.2, 0) is 57.5 Å². The summed E-state index contributed by atoms with van der Waals surface area (Å²) in [4.78, 5) is 144. The minimum atomic E-state index is -0.772. The van der Waals surface area contributed by atoms with Crippen LogP contribution in [0.2, 0.25) is 30.1 Å². The monoisotopic (exact) mass is 1440 g/mol. The summed E-state index contributed by atoms with van der Waals surface area (Å²) in [6.45, 7) is 11.9. The number of Topliss-reactive ketones (excluding diaryl/α,β-unsaturated/α-hetero) is 6. The smallest absolute Gasteiger partial charge is 0.327 e. The van der Waals surface area contributed by atoms with E-state index >= 15 is 0 Å². The van der Waals surface area contributed by atoms with Gasteiger partial charge in [0.2, 0.25) is 23.6 Å². The van der Waals surface area contributed by atoms with E-state index in [1.165, 1.54) is 36.4 Å². The van der Waals surface area contributed by atoms with Crippen molar-refractivity contribution in [2.45, 2.75) is 67.7 Å². The van der Waals surface area contributed by atoms with E-state index < -0.39 is 79.3 Å². The van der Waals surface area contributed by atoms with Gasteiger partial charge in [0.15, 0.2) is 51.9 Å². The molecule has 0 spiro atoms. The molecule has 0 radical (unpaired) electrons. The summed E-state index contributed by atoms with van der Waals surface area (Å²) in [5, 5.41) is 23.8. The van der Waals surface area contributed by atoms with Gasteiger partial charge in [0.1, 0.15) is 56.4 Å². The van der Waals surface area contributed by atoms with Crippen LogP contribution in [0.4, 0.5) is 0 Å². The van der Waals surface area contributed by atoms with Crippen molar-refractivity contribution in [2.75, 3.05) is 45.9 Å². The maximum absolute atomic E-state index is 12.4. The minimum absolute atomic E-state index is 0. The van der Waals surface area contributed by atoms with E-state index in [1.54, 1.807) is 25.2 Å². The van der Waals surface area contributed by atoms with Crippen molar-refractivity contribution < 1.29 is 77.2 Å². The molecule has 506 valence electrons. The van der Waals surface area contributed by atoms with Gasteiger partial charge < -0.3 is 36.3 Å². The first-order valence-electron chi connectivity index (χ1n) is 28.3. The maximum Gasteiger partial charge on any atom is 0.327 e. The molecule has 0 bridgehead atoms. The summed E-state index contributed by atoms with van der Waals surface area (Å²) < 4.78 is 22.0. The number of nitriles is 1. The Morgan fingerprint density at radius 1 is 0.500 bits per heavy atom. The summed E-state index contributed by atoms with van der Waals surface area (Å²) in [7, 11) is 0. The second-order valence-electron chi connectivity index (χ2n) is 21.5. The number of benzene rings is 3. The first-order chi connectivity index (χ1) is 44.4. The zero-order chi connectivity index (χ0) is 69.2. The summed E-state index contributed by atoms with van der Waals surface area (Å²) in [6.07, 6.45) is 3.31. The van der Waals surface area contributed by atoms with Crippen LogP contribution in [0, 0.1) is 29.1 Å². The Morgan fingerprint density at radius 3 is 1.05 bits per heavy atom.